The Kier molecular flexibility index (Phi) is 4.12. The topological polar surface area (TPSA) is 104 Å². The number of hydrogen-bond donors (Lipinski definition) is 2. The van der Waals surface area contributed by atoms with Crippen LogP contribution in [0.15, 0.2) is 28.9 Å². The van der Waals surface area contributed by atoms with Crippen molar-refractivity contribution in [1.82, 2.24) is 5.32 Å². The van der Waals surface area contributed by atoms with Gasteiger partial charge in [0.25, 0.3) is 11.8 Å². The predicted octanol–water partition coefficient (Wildman–Crippen LogP) is 1.73. The van der Waals surface area contributed by atoms with Crippen molar-refractivity contribution in [3.63, 3.8) is 0 Å². The molecule has 3 N–H and O–H groups in total. The molecule has 1 aliphatic rings. The van der Waals surface area contributed by atoms with Gasteiger partial charge in [0, 0.05) is 5.56 Å². The smallest absolute Gasteiger partial charge is 0.251 e. The van der Waals surface area contributed by atoms with Crippen LogP contribution in [0, 0.1) is 0 Å². The van der Waals surface area contributed by atoms with Crippen molar-refractivity contribution in [2.24, 2.45) is 5.73 Å². The van der Waals surface area contributed by atoms with Crippen LogP contribution in [-0.4, -0.2) is 25.0 Å². The zero-order valence-corrected chi connectivity index (χ0v) is 12.7. The Morgan fingerprint density at radius 2 is 1.96 bits per heavy atom. The van der Waals surface area contributed by atoms with Gasteiger partial charge in [0.1, 0.15) is 25.2 Å². The monoisotopic (exact) mass is 336 g/mol. The zero-order valence-electron chi connectivity index (χ0n) is 11.9. The number of ether oxygens (including phenoxy) is 2. The molecule has 2 amide bonds. The first kappa shape index (κ1) is 15.2. The fraction of sp³-hybridized carbons (Fsp3) is 0.200. The molecule has 0 fully saturated rings. The fourth-order valence-corrected chi connectivity index (χ4v) is 2.38. The van der Waals surface area contributed by atoms with E-state index in [-0.39, 0.29) is 18.0 Å². The molecule has 1 aliphatic heterocycles. The van der Waals surface area contributed by atoms with E-state index in [1.54, 1.807) is 6.07 Å². The van der Waals surface area contributed by atoms with E-state index in [9.17, 15) is 9.59 Å². The zero-order chi connectivity index (χ0) is 16.4. The number of carbonyl (C=O) groups excluding carboxylic acids is 2. The van der Waals surface area contributed by atoms with Crippen molar-refractivity contribution >= 4 is 23.4 Å². The normalized spacial score (nSPS) is 12.7. The predicted molar refractivity (Wildman–Crippen MR) is 80.8 cm³/mol. The molecule has 120 valence electrons. The van der Waals surface area contributed by atoms with Crippen LogP contribution in [0.4, 0.5) is 0 Å². The summed E-state index contributed by atoms with van der Waals surface area (Å²) in [5.74, 6) is 0.330. The van der Waals surface area contributed by atoms with E-state index < -0.39 is 5.91 Å². The second kappa shape index (κ2) is 6.21. The molecule has 0 radical (unpaired) electrons. The average molecular weight is 337 g/mol. The van der Waals surface area contributed by atoms with E-state index in [1.807, 2.05) is 0 Å². The molecule has 0 bridgehead atoms. The minimum atomic E-state index is -0.593. The van der Waals surface area contributed by atoms with E-state index in [0.717, 1.165) is 0 Å². The maximum atomic E-state index is 12.2. The van der Waals surface area contributed by atoms with Crippen LogP contribution in [-0.2, 0) is 6.54 Å². The van der Waals surface area contributed by atoms with Gasteiger partial charge in [0.15, 0.2) is 11.5 Å². The van der Waals surface area contributed by atoms with Gasteiger partial charge in [-0.15, -0.1) is 0 Å². The molecule has 0 unspecified atom stereocenters. The first-order valence-electron chi connectivity index (χ1n) is 6.79. The molecule has 2 heterocycles. The quantitative estimate of drug-likeness (QED) is 0.885. The number of nitrogens with two attached hydrogens (primary N) is 1. The third-order valence-corrected chi connectivity index (χ3v) is 3.50. The Labute approximate surface area is 136 Å². The number of fused-ring (bicyclic) bond motifs is 1. The highest BCUT2D eigenvalue weighted by atomic mass is 35.5. The number of rotatable bonds is 4. The summed E-state index contributed by atoms with van der Waals surface area (Å²) in [5.41, 5.74) is 5.71. The molecule has 23 heavy (non-hydrogen) atoms. The van der Waals surface area contributed by atoms with E-state index in [4.69, 9.17) is 31.2 Å². The summed E-state index contributed by atoms with van der Waals surface area (Å²) < 4.78 is 16.0. The summed E-state index contributed by atoms with van der Waals surface area (Å²) in [4.78, 5) is 23.2. The maximum Gasteiger partial charge on any atom is 0.251 e. The summed E-state index contributed by atoms with van der Waals surface area (Å²) in [6.45, 7) is 0.924. The molecule has 0 atom stereocenters. The fourth-order valence-electron chi connectivity index (χ4n) is 2.11. The number of furan rings is 1. The maximum absolute atomic E-state index is 12.2. The van der Waals surface area contributed by atoms with E-state index >= 15 is 0 Å². The number of carbonyl (C=O) groups is 2. The SMILES string of the molecule is NC(=O)c1coc(CNC(=O)c2cc(Cl)c3c(c2)OCCO3)c1. The molecule has 7 nitrogen and oxygen atoms in total. The summed E-state index contributed by atoms with van der Waals surface area (Å²) in [6, 6.07) is 4.54. The van der Waals surface area contributed by atoms with Crippen molar-refractivity contribution in [1.29, 1.82) is 0 Å². The standard InChI is InChI=1S/C15H13ClN2O5/c16-11-4-8(5-12-13(11)22-2-1-21-12)15(20)18-6-10-3-9(7-23-10)14(17)19/h3-5,7H,1-2,6H2,(H2,17,19)(H,18,20). The van der Waals surface area contributed by atoms with Gasteiger partial charge in [0.05, 0.1) is 17.1 Å². The molecule has 3 rings (SSSR count). The molecule has 0 saturated heterocycles. The highest BCUT2D eigenvalue weighted by Gasteiger charge is 2.19. The third kappa shape index (κ3) is 3.24. The summed E-state index contributed by atoms with van der Waals surface area (Å²) in [5, 5.41) is 2.97. The van der Waals surface area contributed by atoms with Gasteiger partial charge in [-0.3, -0.25) is 9.59 Å². The Hall–Kier alpha value is -2.67. The number of benzene rings is 1. The molecular formula is C15H13ClN2O5. The molecule has 1 aromatic carbocycles. The van der Waals surface area contributed by atoms with Gasteiger partial charge in [0.2, 0.25) is 0 Å². The van der Waals surface area contributed by atoms with E-state index in [1.165, 1.54) is 18.4 Å². The minimum Gasteiger partial charge on any atom is -0.486 e. The van der Waals surface area contributed by atoms with Crippen LogP contribution in [0.2, 0.25) is 5.02 Å². The second-order valence-corrected chi connectivity index (χ2v) is 5.24. The van der Waals surface area contributed by atoms with Crippen molar-refractivity contribution in [3.05, 3.63) is 46.4 Å². The Balaban J connectivity index is 1.70. The lowest BCUT2D eigenvalue weighted by atomic mass is 10.1. The largest absolute Gasteiger partial charge is 0.486 e. The van der Waals surface area contributed by atoms with Crippen LogP contribution in [0.5, 0.6) is 11.5 Å². The number of amides is 2. The Bertz CT molecular complexity index is 771. The minimum absolute atomic E-state index is 0.109. The lowest BCUT2D eigenvalue weighted by molar-refractivity contribution is 0.0945. The first-order chi connectivity index (χ1) is 11.0. The third-order valence-electron chi connectivity index (χ3n) is 3.22. The van der Waals surface area contributed by atoms with Crippen LogP contribution >= 0.6 is 11.6 Å². The van der Waals surface area contributed by atoms with Gasteiger partial charge in [-0.05, 0) is 18.2 Å². The summed E-state index contributed by atoms with van der Waals surface area (Å²) in [7, 11) is 0. The van der Waals surface area contributed by atoms with Crippen molar-refractivity contribution in [2.75, 3.05) is 13.2 Å². The number of primary amides is 1. The van der Waals surface area contributed by atoms with Gasteiger partial charge in [-0.25, -0.2) is 0 Å². The lowest BCUT2D eigenvalue weighted by Gasteiger charge is -2.20. The number of halogens is 1. The molecule has 0 spiro atoms. The lowest BCUT2D eigenvalue weighted by Crippen LogP contribution is -2.23. The van der Waals surface area contributed by atoms with E-state index in [0.29, 0.717) is 41.1 Å². The molecular weight excluding hydrogens is 324 g/mol. The van der Waals surface area contributed by atoms with E-state index in [2.05, 4.69) is 5.32 Å². The Morgan fingerprint density at radius 1 is 1.17 bits per heavy atom. The highest BCUT2D eigenvalue weighted by molar-refractivity contribution is 6.32. The Morgan fingerprint density at radius 3 is 2.70 bits per heavy atom. The molecule has 0 aliphatic carbocycles. The van der Waals surface area contributed by atoms with Gasteiger partial charge in [-0.1, -0.05) is 11.6 Å². The number of nitrogens with one attached hydrogen (secondary N) is 1. The van der Waals surface area contributed by atoms with Crippen LogP contribution < -0.4 is 20.5 Å². The molecule has 8 heteroatoms. The van der Waals surface area contributed by atoms with Gasteiger partial charge >= 0.3 is 0 Å². The van der Waals surface area contributed by atoms with Crippen molar-refractivity contribution in [2.45, 2.75) is 6.54 Å². The van der Waals surface area contributed by atoms with Crippen LogP contribution in [0.1, 0.15) is 26.5 Å². The van der Waals surface area contributed by atoms with Crippen LogP contribution in [0.25, 0.3) is 0 Å². The highest BCUT2D eigenvalue weighted by Crippen LogP contribution is 2.38. The molecule has 1 aromatic heterocycles. The van der Waals surface area contributed by atoms with Crippen LogP contribution in [0.3, 0.4) is 0 Å². The van der Waals surface area contributed by atoms with Gasteiger partial charge in [-0.2, -0.15) is 0 Å². The second-order valence-electron chi connectivity index (χ2n) is 4.83. The molecule has 2 aromatic rings. The number of hydrogen-bond acceptors (Lipinski definition) is 5. The van der Waals surface area contributed by atoms with Crippen molar-refractivity contribution < 1.29 is 23.5 Å². The first-order valence-corrected chi connectivity index (χ1v) is 7.17. The average Bonchev–Trinajstić information content (AvgIpc) is 3.02. The van der Waals surface area contributed by atoms with Crippen molar-refractivity contribution in [3.8, 4) is 11.5 Å². The molecule has 0 saturated carbocycles. The van der Waals surface area contributed by atoms with Gasteiger partial charge < -0.3 is 24.9 Å². The summed E-state index contributed by atoms with van der Waals surface area (Å²) >= 11 is 6.09. The summed E-state index contributed by atoms with van der Waals surface area (Å²) in [6.07, 6.45) is 1.24.